The molecule has 0 bridgehead atoms. The van der Waals surface area contributed by atoms with Gasteiger partial charge < -0.3 is 19.9 Å². The molecular weight excluding hydrogens is 438 g/mol. The van der Waals surface area contributed by atoms with Crippen molar-refractivity contribution in [2.75, 3.05) is 44.5 Å². The first-order valence-electron chi connectivity index (χ1n) is 11.7. The van der Waals surface area contributed by atoms with Gasteiger partial charge in [0.05, 0.1) is 24.3 Å². The van der Waals surface area contributed by atoms with Crippen LogP contribution < -0.4 is 15.0 Å². The van der Waals surface area contributed by atoms with E-state index in [1.54, 1.807) is 7.11 Å². The SMILES string of the molecule is COc1ccc(-c2ccc(C(=O)Nc3ccc4nc(N5CC[C@@H](N(C)C)C5)cnc4c3)cc2)cc1. The molecule has 1 aliphatic rings. The number of rotatable bonds is 6. The first-order chi connectivity index (χ1) is 17.0. The molecule has 0 spiro atoms. The first kappa shape index (κ1) is 22.8. The average Bonchev–Trinajstić information content (AvgIpc) is 3.39. The lowest BCUT2D eigenvalue weighted by atomic mass is 10.0. The zero-order valence-electron chi connectivity index (χ0n) is 20.2. The third kappa shape index (κ3) is 4.95. The van der Waals surface area contributed by atoms with Gasteiger partial charge in [-0.25, -0.2) is 4.98 Å². The summed E-state index contributed by atoms with van der Waals surface area (Å²) in [5, 5.41) is 2.97. The van der Waals surface area contributed by atoms with Crippen LogP contribution in [-0.2, 0) is 0 Å². The van der Waals surface area contributed by atoms with Gasteiger partial charge in [-0.2, -0.15) is 0 Å². The first-order valence-corrected chi connectivity index (χ1v) is 11.7. The van der Waals surface area contributed by atoms with Gasteiger partial charge in [0.1, 0.15) is 11.6 Å². The van der Waals surface area contributed by atoms with E-state index >= 15 is 0 Å². The lowest BCUT2D eigenvalue weighted by Gasteiger charge is -2.21. The maximum Gasteiger partial charge on any atom is 0.255 e. The number of carbonyl (C=O) groups is 1. The molecule has 1 amide bonds. The van der Waals surface area contributed by atoms with Crippen molar-refractivity contribution in [3.63, 3.8) is 0 Å². The zero-order chi connectivity index (χ0) is 24.4. The quantitative estimate of drug-likeness (QED) is 0.443. The Morgan fingerprint density at radius 3 is 2.37 bits per heavy atom. The number of benzene rings is 3. The van der Waals surface area contributed by atoms with E-state index in [1.807, 2.05) is 72.9 Å². The van der Waals surface area contributed by atoms with E-state index < -0.39 is 0 Å². The molecule has 0 unspecified atom stereocenters. The second kappa shape index (κ2) is 9.72. The summed E-state index contributed by atoms with van der Waals surface area (Å²) in [6.07, 6.45) is 2.95. The maximum absolute atomic E-state index is 12.8. The van der Waals surface area contributed by atoms with Gasteiger partial charge in [0, 0.05) is 30.4 Å². The van der Waals surface area contributed by atoms with Gasteiger partial charge in [0.2, 0.25) is 0 Å². The molecule has 4 aromatic rings. The Hall–Kier alpha value is -3.97. The standard InChI is InChI=1S/C28H29N5O2/c1-32(2)23-14-15-33(18-23)27-17-29-26-16-22(10-13-25(26)31-27)30-28(34)21-6-4-19(5-7-21)20-8-11-24(35-3)12-9-20/h4-13,16-17,23H,14-15,18H2,1-3H3,(H,30,34)/t23-/m1/s1. The molecule has 1 aromatic heterocycles. The average molecular weight is 468 g/mol. The predicted octanol–water partition coefficient (Wildman–Crippen LogP) is 4.70. The predicted molar refractivity (Wildman–Crippen MR) is 140 cm³/mol. The van der Waals surface area contributed by atoms with Gasteiger partial charge >= 0.3 is 0 Å². The smallest absolute Gasteiger partial charge is 0.255 e. The van der Waals surface area contributed by atoms with Gasteiger partial charge in [-0.05, 0) is 74.1 Å². The fourth-order valence-electron chi connectivity index (χ4n) is 4.40. The number of hydrogen-bond donors (Lipinski definition) is 1. The number of nitrogens with zero attached hydrogens (tertiary/aromatic N) is 4. The highest BCUT2D eigenvalue weighted by atomic mass is 16.5. The van der Waals surface area contributed by atoms with Gasteiger partial charge in [-0.3, -0.25) is 9.78 Å². The summed E-state index contributed by atoms with van der Waals surface area (Å²) in [4.78, 5) is 26.8. The van der Waals surface area contributed by atoms with Crippen molar-refractivity contribution in [2.45, 2.75) is 12.5 Å². The molecule has 1 saturated heterocycles. The maximum atomic E-state index is 12.8. The number of hydrogen-bond acceptors (Lipinski definition) is 6. The molecule has 2 heterocycles. The van der Waals surface area contributed by atoms with E-state index in [0.29, 0.717) is 17.3 Å². The highest BCUT2D eigenvalue weighted by Crippen LogP contribution is 2.25. The molecule has 1 fully saturated rings. The highest BCUT2D eigenvalue weighted by Gasteiger charge is 2.25. The summed E-state index contributed by atoms with van der Waals surface area (Å²) in [7, 11) is 5.88. The van der Waals surface area contributed by atoms with Crippen molar-refractivity contribution < 1.29 is 9.53 Å². The third-order valence-electron chi connectivity index (χ3n) is 6.58. The molecule has 7 nitrogen and oxygen atoms in total. The van der Waals surface area contributed by atoms with E-state index in [9.17, 15) is 4.79 Å². The molecule has 1 aliphatic heterocycles. The largest absolute Gasteiger partial charge is 0.497 e. The van der Waals surface area contributed by atoms with Crippen LogP contribution in [0.4, 0.5) is 11.5 Å². The second-order valence-corrected chi connectivity index (χ2v) is 9.04. The van der Waals surface area contributed by atoms with E-state index in [4.69, 9.17) is 9.72 Å². The van der Waals surface area contributed by atoms with E-state index in [-0.39, 0.29) is 5.91 Å². The van der Waals surface area contributed by atoms with Crippen molar-refractivity contribution >= 4 is 28.4 Å². The fourth-order valence-corrected chi connectivity index (χ4v) is 4.40. The van der Waals surface area contributed by atoms with E-state index in [0.717, 1.165) is 53.2 Å². The van der Waals surface area contributed by atoms with Crippen LogP contribution >= 0.6 is 0 Å². The Morgan fingerprint density at radius 1 is 1.00 bits per heavy atom. The highest BCUT2D eigenvalue weighted by molar-refractivity contribution is 6.05. The second-order valence-electron chi connectivity index (χ2n) is 9.04. The lowest BCUT2D eigenvalue weighted by Crippen LogP contribution is -2.31. The summed E-state index contributed by atoms with van der Waals surface area (Å²) in [6.45, 7) is 1.94. The van der Waals surface area contributed by atoms with Crippen LogP contribution in [0.5, 0.6) is 5.75 Å². The molecule has 0 saturated carbocycles. The number of nitrogens with one attached hydrogen (secondary N) is 1. The summed E-state index contributed by atoms with van der Waals surface area (Å²) < 4.78 is 5.21. The van der Waals surface area contributed by atoms with E-state index in [1.165, 1.54) is 0 Å². The Balaban J connectivity index is 1.27. The van der Waals surface area contributed by atoms with Crippen LogP contribution in [0.25, 0.3) is 22.2 Å². The molecule has 5 rings (SSSR count). The number of ether oxygens (including phenoxy) is 1. The van der Waals surface area contributed by atoms with Crippen molar-refractivity contribution in [2.24, 2.45) is 0 Å². The van der Waals surface area contributed by atoms with Gasteiger partial charge in [-0.1, -0.05) is 24.3 Å². The zero-order valence-corrected chi connectivity index (χ0v) is 20.2. The number of methoxy groups -OCH3 is 1. The molecule has 35 heavy (non-hydrogen) atoms. The van der Waals surface area contributed by atoms with Crippen LogP contribution in [0, 0.1) is 0 Å². The molecule has 0 aliphatic carbocycles. The van der Waals surface area contributed by atoms with Crippen molar-refractivity contribution in [3.8, 4) is 16.9 Å². The lowest BCUT2D eigenvalue weighted by molar-refractivity contribution is 0.102. The van der Waals surface area contributed by atoms with Crippen molar-refractivity contribution in [1.29, 1.82) is 0 Å². The molecule has 1 atom stereocenters. The number of aromatic nitrogens is 2. The minimum atomic E-state index is -0.165. The molecule has 0 radical (unpaired) electrons. The van der Waals surface area contributed by atoms with Crippen molar-refractivity contribution in [1.82, 2.24) is 14.9 Å². The van der Waals surface area contributed by atoms with Gasteiger partial charge in [0.15, 0.2) is 0 Å². The number of anilines is 2. The van der Waals surface area contributed by atoms with Crippen LogP contribution in [0.15, 0.2) is 72.9 Å². The number of carbonyl (C=O) groups excluding carboxylic acids is 1. The minimum absolute atomic E-state index is 0.165. The molecule has 3 aromatic carbocycles. The molecular formula is C28H29N5O2. The van der Waals surface area contributed by atoms with Crippen LogP contribution in [-0.4, -0.2) is 61.1 Å². The third-order valence-corrected chi connectivity index (χ3v) is 6.58. The Kier molecular flexibility index (Phi) is 6.33. The number of amides is 1. The van der Waals surface area contributed by atoms with Crippen molar-refractivity contribution in [3.05, 3.63) is 78.5 Å². The Labute approximate surface area is 205 Å². The van der Waals surface area contributed by atoms with E-state index in [2.05, 4.69) is 34.2 Å². The summed E-state index contributed by atoms with van der Waals surface area (Å²) in [5.74, 6) is 1.55. The minimum Gasteiger partial charge on any atom is -0.497 e. The summed E-state index contributed by atoms with van der Waals surface area (Å²) in [5.41, 5.74) is 4.96. The van der Waals surface area contributed by atoms with Gasteiger partial charge in [0.25, 0.3) is 5.91 Å². The number of likely N-dealkylation sites (N-methyl/N-ethyl adjacent to an activating group) is 1. The molecule has 7 heteroatoms. The molecule has 178 valence electrons. The van der Waals surface area contributed by atoms with Crippen LogP contribution in [0.3, 0.4) is 0 Å². The Bertz CT molecular complexity index is 1340. The monoisotopic (exact) mass is 467 g/mol. The summed E-state index contributed by atoms with van der Waals surface area (Å²) >= 11 is 0. The topological polar surface area (TPSA) is 70.6 Å². The van der Waals surface area contributed by atoms with Gasteiger partial charge in [-0.15, -0.1) is 0 Å². The summed E-state index contributed by atoms with van der Waals surface area (Å²) in [6, 6.07) is 21.6. The molecule has 1 N–H and O–H groups in total. The Morgan fingerprint density at radius 2 is 1.71 bits per heavy atom. The normalized spacial score (nSPS) is 15.5. The fraction of sp³-hybridized carbons (Fsp3) is 0.250. The number of fused-ring (bicyclic) bond motifs is 1. The van der Waals surface area contributed by atoms with Crippen LogP contribution in [0.1, 0.15) is 16.8 Å². The van der Waals surface area contributed by atoms with Crippen LogP contribution in [0.2, 0.25) is 0 Å².